The Morgan fingerprint density at radius 2 is 2.03 bits per heavy atom. The van der Waals surface area contributed by atoms with Gasteiger partial charge in [-0.1, -0.05) is 36.4 Å². The van der Waals surface area contributed by atoms with E-state index in [2.05, 4.69) is 25.6 Å². The topological polar surface area (TPSA) is 112 Å². The van der Waals surface area contributed by atoms with E-state index in [-0.39, 0.29) is 11.5 Å². The molecule has 0 aliphatic heterocycles. The molecule has 146 valence electrons. The van der Waals surface area contributed by atoms with Crippen LogP contribution in [0.4, 0.5) is 5.95 Å². The van der Waals surface area contributed by atoms with Gasteiger partial charge in [0.05, 0.1) is 17.6 Å². The predicted molar refractivity (Wildman–Crippen MR) is 115 cm³/mol. The maximum absolute atomic E-state index is 12.3. The van der Waals surface area contributed by atoms with Crippen molar-refractivity contribution in [3.05, 3.63) is 94.0 Å². The first-order valence-corrected chi connectivity index (χ1v) is 9.15. The predicted octanol–water partition coefficient (Wildman–Crippen LogP) is 3.25. The molecule has 0 aliphatic carbocycles. The Labute approximate surface area is 172 Å². The zero-order valence-corrected chi connectivity index (χ0v) is 16.1. The summed E-state index contributed by atoms with van der Waals surface area (Å²) in [5.74, 6) is 0.153. The standard InChI is InChI=1S/C22H17N7O/c1-15-12-18(29-11-5-10-25-29)9-8-17(15)14-24-28-22-26-20(16-6-3-2-4-7-16)19(13-23)21(30)27-22/h2-12,14H,1H3,(H2,26,27,28,30). The number of hydrogen-bond acceptors (Lipinski definition) is 6. The SMILES string of the molecule is Cc1cc(-n2cccn2)ccc1C=NNc1nc(-c2ccccc2)c(C#N)c(=O)[nH]1. The van der Waals surface area contributed by atoms with E-state index in [1.54, 1.807) is 29.2 Å². The molecule has 0 saturated carbocycles. The number of aromatic nitrogens is 4. The van der Waals surface area contributed by atoms with E-state index in [1.807, 2.05) is 61.7 Å². The number of rotatable bonds is 5. The maximum Gasteiger partial charge on any atom is 0.270 e. The number of nitrogens with zero attached hydrogens (tertiary/aromatic N) is 5. The molecule has 0 unspecified atom stereocenters. The van der Waals surface area contributed by atoms with Crippen molar-refractivity contribution in [3.63, 3.8) is 0 Å². The first kappa shape index (κ1) is 18.8. The molecule has 30 heavy (non-hydrogen) atoms. The Kier molecular flexibility index (Phi) is 5.17. The van der Waals surface area contributed by atoms with Crippen LogP contribution in [0, 0.1) is 18.3 Å². The third-order valence-corrected chi connectivity index (χ3v) is 4.47. The highest BCUT2D eigenvalue weighted by Gasteiger charge is 2.12. The molecule has 0 amide bonds. The molecule has 2 aromatic carbocycles. The number of nitriles is 1. The smallest absolute Gasteiger partial charge is 0.270 e. The Balaban J connectivity index is 1.58. The fourth-order valence-electron chi connectivity index (χ4n) is 2.97. The molecule has 8 nitrogen and oxygen atoms in total. The van der Waals surface area contributed by atoms with Gasteiger partial charge in [0.1, 0.15) is 11.6 Å². The second-order valence-corrected chi connectivity index (χ2v) is 6.48. The van der Waals surface area contributed by atoms with E-state index in [4.69, 9.17) is 0 Å². The molecule has 0 spiro atoms. The average molecular weight is 395 g/mol. The fourth-order valence-corrected chi connectivity index (χ4v) is 2.97. The van der Waals surface area contributed by atoms with Crippen molar-refractivity contribution in [1.29, 1.82) is 5.26 Å². The van der Waals surface area contributed by atoms with Gasteiger partial charge in [0, 0.05) is 18.0 Å². The van der Waals surface area contributed by atoms with Crippen LogP contribution in [0.5, 0.6) is 0 Å². The Hall–Kier alpha value is -4.51. The lowest BCUT2D eigenvalue weighted by molar-refractivity contribution is 0.879. The van der Waals surface area contributed by atoms with Crippen molar-refractivity contribution in [2.24, 2.45) is 5.10 Å². The summed E-state index contributed by atoms with van der Waals surface area (Å²) in [6.45, 7) is 1.98. The van der Waals surface area contributed by atoms with Gasteiger partial charge in [-0.05, 0) is 36.2 Å². The minimum Gasteiger partial charge on any atom is -0.290 e. The molecule has 2 aromatic heterocycles. The average Bonchev–Trinajstić information content (AvgIpc) is 3.30. The second-order valence-electron chi connectivity index (χ2n) is 6.48. The summed E-state index contributed by atoms with van der Waals surface area (Å²) in [5, 5.41) is 17.7. The molecular weight excluding hydrogens is 378 g/mol. The number of hydrazone groups is 1. The van der Waals surface area contributed by atoms with Crippen LogP contribution in [-0.4, -0.2) is 26.0 Å². The quantitative estimate of drug-likeness (QED) is 0.398. The summed E-state index contributed by atoms with van der Waals surface area (Å²) < 4.78 is 1.78. The highest BCUT2D eigenvalue weighted by Crippen LogP contribution is 2.19. The number of H-pyrrole nitrogens is 1. The number of benzene rings is 2. The van der Waals surface area contributed by atoms with Crippen molar-refractivity contribution in [3.8, 4) is 23.0 Å². The first-order chi connectivity index (χ1) is 14.7. The minimum absolute atomic E-state index is 0.0409. The number of nitrogens with one attached hydrogen (secondary N) is 2. The van der Waals surface area contributed by atoms with Crippen molar-refractivity contribution in [1.82, 2.24) is 19.7 Å². The summed E-state index contributed by atoms with van der Waals surface area (Å²) in [7, 11) is 0. The van der Waals surface area contributed by atoms with Gasteiger partial charge in [-0.3, -0.25) is 9.78 Å². The van der Waals surface area contributed by atoms with E-state index >= 15 is 0 Å². The van der Waals surface area contributed by atoms with Crippen LogP contribution in [0.1, 0.15) is 16.7 Å². The van der Waals surface area contributed by atoms with E-state index in [0.717, 1.165) is 16.8 Å². The van der Waals surface area contributed by atoms with Crippen LogP contribution in [-0.2, 0) is 0 Å². The maximum atomic E-state index is 12.3. The highest BCUT2D eigenvalue weighted by atomic mass is 16.1. The fraction of sp³-hybridized carbons (Fsp3) is 0.0455. The molecule has 0 radical (unpaired) electrons. The Morgan fingerprint density at radius 1 is 1.20 bits per heavy atom. The highest BCUT2D eigenvalue weighted by molar-refractivity contribution is 5.82. The molecule has 0 saturated heterocycles. The number of hydrogen-bond donors (Lipinski definition) is 2. The summed E-state index contributed by atoms with van der Waals surface area (Å²) in [6, 6.07) is 18.7. The van der Waals surface area contributed by atoms with Crippen LogP contribution in [0.15, 0.2) is 76.9 Å². The van der Waals surface area contributed by atoms with E-state index in [9.17, 15) is 10.1 Å². The van der Waals surface area contributed by atoms with Crippen molar-refractivity contribution in [2.75, 3.05) is 5.43 Å². The molecule has 2 N–H and O–H groups in total. The summed E-state index contributed by atoms with van der Waals surface area (Å²) >= 11 is 0. The molecule has 4 aromatic rings. The van der Waals surface area contributed by atoms with Gasteiger partial charge in [-0.2, -0.15) is 15.5 Å². The van der Waals surface area contributed by atoms with E-state index in [0.29, 0.717) is 11.3 Å². The second kappa shape index (κ2) is 8.24. The Morgan fingerprint density at radius 3 is 2.73 bits per heavy atom. The van der Waals surface area contributed by atoms with Crippen molar-refractivity contribution < 1.29 is 0 Å². The molecule has 8 heteroatoms. The zero-order valence-electron chi connectivity index (χ0n) is 16.1. The monoisotopic (exact) mass is 395 g/mol. The third kappa shape index (κ3) is 3.86. The normalized spacial score (nSPS) is 10.8. The Bertz CT molecular complexity index is 1300. The summed E-state index contributed by atoms with van der Waals surface area (Å²) in [5.41, 5.74) is 6.02. The minimum atomic E-state index is -0.524. The summed E-state index contributed by atoms with van der Waals surface area (Å²) in [6.07, 6.45) is 5.24. The number of anilines is 1. The van der Waals surface area contributed by atoms with Gasteiger partial charge in [0.2, 0.25) is 5.95 Å². The molecule has 0 atom stereocenters. The van der Waals surface area contributed by atoms with Gasteiger partial charge < -0.3 is 0 Å². The molecule has 0 aliphatic rings. The molecule has 2 heterocycles. The molecule has 0 bridgehead atoms. The van der Waals surface area contributed by atoms with Crippen molar-refractivity contribution >= 4 is 12.2 Å². The lowest BCUT2D eigenvalue weighted by Gasteiger charge is -2.07. The number of aryl methyl sites for hydroxylation is 1. The van der Waals surface area contributed by atoms with Gasteiger partial charge >= 0.3 is 0 Å². The van der Waals surface area contributed by atoms with Gasteiger partial charge in [0.15, 0.2) is 0 Å². The van der Waals surface area contributed by atoms with Crippen molar-refractivity contribution in [2.45, 2.75) is 6.92 Å². The van der Waals surface area contributed by atoms with Gasteiger partial charge in [-0.15, -0.1) is 0 Å². The first-order valence-electron chi connectivity index (χ1n) is 9.15. The van der Waals surface area contributed by atoms with Gasteiger partial charge in [0.25, 0.3) is 5.56 Å². The van der Waals surface area contributed by atoms with Crippen LogP contribution in [0.3, 0.4) is 0 Å². The van der Waals surface area contributed by atoms with Crippen LogP contribution in [0.25, 0.3) is 16.9 Å². The lowest BCUT2D eigenvalue weighted by Crippen LogP contribution is -2.16. The number of aromatic amines is 1. The zero-order chi connectivity index (χ0) is 20.9. The molecular formula is C22H17N7O. The molecule has 4 rings (SSSR count). The van der Waals surface area contributed by atoms with Crippen LogP contribution in [0.2, 0.25) is 0 Å². The largest absolute Gasteiger partial charge is 0.290 e. The third-order valence-electron chi connectivity index (χ3n) is 4.47. The lowest BCUT2D eigenvalue weighted by atomic mass is 10.1. The van der Waals surface area contributed by atoms with Crippen LogP contribution >= 0.6 is 0 Å². The van der Waals surface area contributed by atoms with E-state index < -0.39 is 5.56 Å². The van der Waals surface area contributed by atoms with Crippen LogP contribution < -0.4 is 11.0 Å². The van der Waals surface area contributed by atoms with Gasteiger partial charge in [-0.25, -0.2) is 15.1 Å². The van der Waals surface area contributed by atoms with E-state index in [1.165, 1.54) is 0 Å². The molecule has 0 fully saturated rings. The summed E-state index contributed by atoms with van der Waals surface area (Å²) in [4.78, 5) is 19.2.